The topological polar surface area (TPSA) is 152 Å². The van der Waals surface area contributed by atoms with Gasteiger partial charge in [0.25, 0.3) is 0 Å². The molecule has 4 N–H and O–H groups in total. The van der Waals surface area contributed by atoms with Crippen LogP contribution in [0.25, 0.3) is 0 Å². The van der Waals surface area contributed by atoms with Gasteiger partial charge in [-0.1, -0.05) is 0 Å². The van der Waals surface area contributed by atoms with E-state index in [4.69, 9.17) is 39.4 Å². The molecule has 0 radical (unpaired) electrons. The number of benzene rings is 2. The van der Waals surface area contributed by atoms with Gasteiger partial charge in [-0.05, 0) is 43.5 Å². The van der Waals surface area contributed by atoms with Crippen LogP contribution in [0, 0.1) is 0 Å². The first-order chi connectivity index (χ1) is 15.7. The highest BCUT2D eigenvalue weighted by atomic mass is 16.5. The Kier molecular flexibility index (Phi) is 11.5. The molecule has 0 amide bonds. The summed E-state index contributed by atoms with van der Waals surface area (Å²) in [5.41, 5.74) is 0.256. The predicted octanol–water partition coefficient (Wildman–Crippen LogP) is 2.70. The quantitative estimate of drug-likeness (QED) is 0.500. The van der Waals surface area contributed by atoms with E-state index in [1.807, 2.05) is 0 Å². The van der Waals surface area contributed by atoms with Crippen molar-refractivity contribution in [2.24, 2.45) is 0 Å². The van der Waals surface area contributed by atoms with Crippen molar-refractivity contribution in [2.75, 3.05) is 28.4 Å². The number of carbonyl (C=O) groups is 2. The maximum atomic E-state index is 10.7. The van der Waals surface area contributed by atoms with Gasteiger partial charge in [0, 0.05) is 12.1 Å². The molecule has 0 bridgehead atoms. The zero-order valence-corrected chi connectivity index (χ0v) is 19.0. The van der Waals surface area contributed by atoms with Crippen molar-refractivity contribution in [1.29, 1.82) is 0 Å². The molecule has 10 heteroatoms. The molecular formula is C23H30O10. The molecule has 1 fully saturated rings. The van der Waals surface area contributed by atoms with Crippen LogP contribution in [0.2, 0.25) is 0 Å². The third-order valence-electron chi connectivity index (χ3n) is 4.72. The molecule has 33 heavy (non-hydrogen) atoms. The van der Waals surface area contributed by atoms with E-state index in [0.29, 0.717) is 23.0 Å². The van der Waals surface area contributed by atoms with Gasteiger partial charge in [0.2, 0.25) is 0 Å². The molecule has 1 saturated carbocycles. The molecule has 1 aliphatic carbocycles. The van der Waals surface area contributed by atoms with Crippen LogP contribution in [0.4, 0.5) is 0 Å². The predicted molar refractivity (Wildman–Crippen MR) is 119 cm³/mol. The average Bonchev–Trinajstić information content (AvgIpc) is 3.20. The summed E-state index contributed by atoms with van der Waals surface area (Å²) in [6.07, 6.45) is 1.67. The highest BCUT2D eigenvalue weighted by Crippen LogP contribution is 2.25. The standard InChI is InChI=1S/2C9H10O4.C5H10O2/c2*1-12-6-3-4-7(9(10)11)8(5-6)13-2;6-4-2-1-3-5(4)7/h2*3-5H,1-2H3,(H,10,11);4-7H,1-3H2. The van der Waals surface area contributed by atoms with E-state index in [1.165, 1.54) is 52.7 Å². The Balaban J connectivity index is 0.000000259. The second-order valence-electron chi connectivity index (χ2n) is 6.81. The molecule has 10 nitrogen and oxygen atoms in total. The smallest absolute Gasteiger partial charge is 0.339 e. The highest BCUT2D eigenvalue weighted by molar-refractivity contribution is 5.91. The number of aliphatic hydroxyl groups excluding tert-OH is 2. The van der Waals surface area contributed by atoms with E-state index >= 15 is 0 Å². The van der Waals surface area contributed by atoms with Crippen molar-refractivity contribution in [2.45, 2.75) is 31.5 Å². The third-order valence-corrected chi connectivity index (χ3v) is 4.72. The number of methoxy groups -OCH3 is 4. The molecular weight excluding hydrogens is 436 g/mol. The van der Waals surface area contributed by atoms with Gasteiger partial charge < -0.3 is 39.4 Å². The molecule has 2 aromatic rings. The normalized spacial score (nSPS) is 16.3. The second-order valence-corrected chi connectivity index (χ2v) is 6.81. The molecule has 0 aliphatic heterocycles. The van der Waals surface area contributed by atoms with Gasteiger partial charge in [-0.15, -0.1) is 0 Å². The molecule has 0 aromatic heterocycles. The lowest BCUT2D eigenvalue weighted by Gasteiger charge is -2.06. The van der Waals surface area contributed by atoms with Crippen LogP contribution in [0.3, 0.4) is 0 Å². The highest BCUT2D eigenvalue weighted by Gasteiger charge is 2.21. The lowest BCUT2D eigenvalue weighted by atomic mass is 10.2. The molecule has 0 spiro atoms. The monoisotopic (exact) mass is 466 g/mol. The molecule has 0 heterocycles. The third kappa shape index (κ3) is 8.51. The first-order valence-corrected chi connectivity index (χ1v) is 9.95. The average molecular weight is 466 g/mol. The van der Waals surface area contributed by atoms with Gasteiger partial charge in [0.15, 0.2) is 0 Å². The van der Waals surface area contributed by atoms with Gasteiger partial charge in [-0.25, -0.2) is 9.59 Å². The number of rotatable bonds is 6. The fraction of sp³-hybridized carbons (Fsp3) is 0.391. The van der Waals surface area contributed by atoms with Gasteiger partial charge in [0.1, 0.15) is 34.1 Å². The number of ether oxygens (including phenoxy) is 4. The maximum absolute atomic E-state index is 10.7. The van der Waals surface area contributed by atoms with E-state index in [-0.39, 0.29) is 11.1 Å². The lowest BCUT2D eigenvalue weighted by molar-refractivity contribution is 0.0438. The number of carboxylic acids is 2. The first-order valence-electron chi connectivity index (χ1n) is 9.95. The SMILES string of the molecule is COc1ccc(C(=O)O)c(OC)c1.COc1ccc(C(=O)O)c(OC)c1.OC1CCCC1O. The van der Waals surface area contributed by atoms with E-state index in [9.17, 15) is 9.59 Å². The number of aromatic carboxylic acids is 2. The van der Waals surface area contributed by atoms with Gasteiger partial charge in [-0.3, -0.25) is 0 Å². The summed E-state index contributed by atoms with van der Waals surface area (Å²) in [7, 11) is 5.85. The van der Waals surface area contributed by atoms with Crippen molar-refractivity contribution in [3.8, 4) is 23.0 Å². The summed E-state index contributed by atoms with van der Waals surface area (Å²) in [6, 6.07) is 9.10. The summed E-state index contributed by atoms with van der Waals surface area (Å²) >= 11 is 0. The van der Waals surface area contributed by atoms with Crippen LogP contribution in [-0.2, 0) is 0 Å². The van der Waals surface area contributed by atoms with E-state index in [1.54, 1.807) is 12.1 Å². The Bertz CT molecular complexity index is 839. The lowest BCUT2D eigenvalue weighted by Crippen LogP contribution is -2.17. The Morgan fingerprint density at radius 2 is 1.06 bits per heavy atom. The van der Waals surface area contributed by atoms with Gasteiger partial charge >= 0.3 is 11.9 Å². The second kappa shape index (κ2) is 13.8. The fourth-order valence-electron chi connectivity index (χ4n) is 2.87. The van der Waals surface area contributed by atoms with Gasteiger partial charge in [-0.2, -0.15) is 0 Å². The zero-order valence-electron chi connectivity index (χ0n) is 19.0. The molecule has 2 unspecified atom stereocenters. The summed E-state index contributed by atoms with van der Waals surface area (Å²) in [5.74, 6) is -0.290. The van der Waals surface area contributed by atoms with Crippen molar-refractivity contribution < 1.29 is 49.0 Å². The minimum absolute atomic E-state index is 0.128. The maximum Gasteiger partial charge on any atom is 0.339 e. The summed E-state index contributed by atoms with van der Waals surface area (Å²) < 4.78 is 19.6. The van der Waals surface area contributed by atoms with Crippen LogP contribution in [0.5, 0.6) is 23.0 Å². The minimum Gasteiger partial charge on any atom is -0.497 e. The zero-order chi connectivity index (χ0) is 25.0. The van der Waals surface area contributed by atoms with E-state index in [0.717, 1.165) is 19.3 Å². The summed E-state index contributed by atoms with van der Waals surface area (Å²) in [5, 5.41) is 35.0. The Labute approximate surface area is 191 Å². The summed E-state index contributed by atoms with van der Waals surface area (Å²) in [6.45, 7) is 0. The van der Waals surface area contributed by atoms with Crippen LogP contribution in [-0.4, -0.2) is 73.0 Å². The number of hydrogen-bond acceptors (Lipinski definition) is 8. The molecule has 1 aliphatic rings. The fourth-order valence-corrected chi connectivity index (χ4v) is 2.87. The van der Waals surface area contributed by atoms with Gasteiger partial charge in [0.05, 0.1) is 40.6 Å². The molecule has 182 valence electrons. The Morgan fingerprint density at radius 1 is 0.697 bits per heavy atom. The van der Waals surface area contributed by atoms with E-state index in [2.05, 4.69) is 0 Å². The molecule has 3 rings (SSSR count). The molecule has 2 aromatic carbocycles. The van der Waals surface area contributed by atoms with Crippen molar-refractivity contribution in [3.63, 3.8) is 0 Å². The number of carboxylic acid groups (broad SMARTS) is 2. The molecule has 2 atom stereocenters. The van der Waals surface area contributed by atoms with Crippen LogP contribution < -0.4 is 18.9 Å². The van der Waals surface area contributed by atoms with Crippen LogP contribution in [0.1, 0.15) is 40.0 Å². The number of aliphatic hydroxyl groups is 2. The summed E-state index contributed by atoms with van der Waals surface area (Å²) in [4.78, 5) is 21.3. The Hall–Kier alpha value is -3.50. The van der Waals surface area contributed by atoms with Crippen LogP contribution >= 0.6 is 0 Å². The van der Waals surface area contributed by atoms with E-state index < -0.39 is 24.1 Å². The largest absolute Gasteiger partial charge is 0.497 e. The van der Waals surface area contributed by atoms with Crippen LogP contribution in [0.15, 0.2) is 36.4 Å². The van der Waals surface area contributed by atoms with Crippen molar-refractivity contribution in [3.05, 3.63) is 47.5 Å². The first kappa shape index (κ1) is 27.5. The Morgan fingerprint density at radius 3 is 1.27 bits per heavy atom. The molecule has 0 saturated heterocycles. The minimum atomic E-state index is -1.01. The van der Waals surface area contributed by atoms with Crippen molar-refractivity contribution >= 4 is 11.9 Å². The van der Waals surface area contributed by atoms with Crippen molar-refractivity contribution in [1.82, 2.24) is 0 Å². The number of hydrogen-bond donors (Lipinski definition) is 4.